The Morgan fingerprint density at radius 3 is 2.45 bits per heavy atom. The van der Waals surface area contributed by atoms with Crippen LogP contribution in [0.5, 0.6) is 0 Å². The number of ketones is 1. The quantitative estimate of drug-likeness (QED) is 0.258. The molecule has 62 valence electrons. The van der Waals surface area contributed by atoms with Gasteiger partial charge in [0.05, 0.1) is 6.42 Å². The maximum atomic E-state index is 10.7. The van der Waals surface area contributed by atoms with Crippen molar-refractivity contribution in [2.45, 2.75) is 39.5 Å². The molecule has 0 saturated carbocycles. The van der Waals surface area contributed by atoms with Crippen LogP contribution in [-0.4, -0.2) is 16.3 Å². The molecule has 0 atom stereocenters. The molecule has 3 heteroatoms. The monoisotopic (exact) mass is 154 g/mol. The van der Waals surface area contributed by atoms with Crippen molar-refractivity contribution in [3.05, 3.63) is 5.53 Å². The summed E-state index contributed by atoms with van der Waals surface area (Å²) in [4.78, 5) is 13.6. The highest BCUT2D eigenvalue weighted by molar-refractivity contribution is 6.36. The van der Waals surface area contributed by atoms with Crippen LogP contribution in [0.15, 0.2) is 0 Å². The zero-order valence-electron chi connectivity index (χ0n) is 7.13. The number of Topliss-reactive ketones (excluding diaryl/α,β-unsaturated/α-hetero) is 1. The molecule has 3 nitrogen and oxygen atoms in total. The number of carbonyl (C=O) groups is 1. The Balaban J connectivity index is 3.73. The van der Waals surface area contributed by atoms with Gasteiger partial charge in [0.2, 0.25) is 5.78 Å². The van der Waals surface area contributed by atoms with Crippen molar-refractivity contribution in [1.29, 1.82) is 0 Å². The van der Waals surface area contributed by atoms with E-state index in [1.54, 1.807) is 0 Å². The molecule has 0 aliphatic heterocycles. The van der Waals surface area contributed by atoms with Gasteiger partial charge in [0.15, 0.2) is 0 Å². The lowest BCUT2D eigenvalue weighted by Crippen LogP contribution is -2.10. The van der Waals surface area contributed by atoms with Crippen molar-refractivity contribution in [2.24, 2.45) is 0 Å². The first-order chi connectivity index (χ1) is 5.22. The predicted octanol–water partition coefficient (Wildman–Crippen LogP) is 1.83. The fourth-order valence-corrected chi connectivity index (χ4v) is 0.839. The number of carbonyl (C=O) groups excluding carboxylic acids is 1. The molecule has 0 aliphatic rings. The molecule has 0 aromatic carbocycles. The lowest BCUT2D eigenvalue weighted by Gasteiger charge is -1.90. The molecule has 0 aromatic heterocycles. The van der Waals surface area contributed by atoms with Crippen LogP contribution in [0.3, 0.4) is 0 Å². The van der Waals surface area contributed by atoms with E-state index in [0.717, 1.165) is 19.3 Å². The van der Waals surface area contributed by atoms with Crippen LogP contribution in [0, 0.1) is 0 Å². The predicted molar refractivity (Wildman–Crippen MR) is 43.4 cm³/mol. The molecule has 11 heavy (non-hydrogen) atoms. The second-order valence-electron chi connectivity index (χ2n) is 2.56. The average molecular weight is 154 g/mol. The fourth-order valence-electron chi connectivity index (χ4n) is 0.839. The van der Waals surface area contributed by atoms with Crippen molar-refractivity contribution in [3.8, 4) is 0 Å². The van der Waals surface area contributed by atoms with Gasteiger partial charge in [-0.2, -0.15) is 4.79 Å². The highest BCUT2D eigenvalue weighted by Crippen LogP contribution is 1.99. The van der Waals surface area contributed by atoms with Crippen LogP contribution in [-0.2, 0) is 4.79 Å². The second kappa shape index (κ2) is 5.81. The van der Waals surface area contributed by atoms with E-state index in [4.69, 9.17) is 5.53 Å². The molecule has 0 radical (unpaired) electrons. The lowest BCUT2D eigenvalue weighted by molar-refractivity contribution is -0.115. The Bertz CT molecular complexity index is 181. The van der Waals surface area contributed by atoms with Gasteiger partial charge in [-0.05, 0) is 6.42 Å². The topological polar surface area (TPSA) is 53.5 Å². The highest BCUT2D eigenvalue weighted by atomic mass is 16.1. The molecule has 0 fully saturated rings. The minimum absolute atomic E-state index is 0.136. The maximum Gasteiger partial charge on any atom is 0.334 e. The molecule has 0 spiro atoms. The van der Waals surface area contributed by atoms with Crippen molar-refractivity contribution < 1.29 is 9.58 Å². The Kier molecular flexibility index (Phi) is 5.30. The minimum atomic E-state index is -0.136. The molecule has 0 N–H and O–H groups in total. The Morgan fingerprint density at radius 1 is 1.45 bits per heavy atom. The Labute approximate surface area is 67.0 Å². The van der Waals surface area contributed by atoms with Crippen LogP contribution >= 0.6 is 0 Å². The molecule has 0 aromatic rings. The van der Waals surface area contributed by atoms with Crippen molar-refractivity contribution in [3.63, 3.8) is 0 Å². The third-order valence-corrected chi connectivity index (χ3v) is 1.54. The lowest BCUT2D eigenvalue weighted by atomic mass is 10.1. The standard InChI is InChI=1S/C8H14N2O/c1-3-4-5-6-8(10-9)7(2)11/h3-6H2,1-2H3. The van der Waals surface area contributed by atoms with Gasteiger partial charge in [0.1, 0.15) is 0 Å². The highest BCUT2D eigenvalue weighted by Gasteiger charge is 2.12. The van der Waals surface area contributed by atoms with Crippen LogP contribution < -0.4 is 0 Å². The van der Waals surface area contributed by atoms with Crippen molar-refractivity contribution in [1.82, 2.24) is 0 Å². The van der Waals surface area contributed by atoms with Crippen LogP contribution in [0.2, 0.25) is 0 Å². The van der Waals surface area contributed by atoms with Crippen LogP contribution in [0.25, 0.3) is 5.53 Å². The van der Waals surface area contributed by atoms with Gasteiger partial charge in [-0.1, -0.05) is 19.8 Å². The van der Waals surface area contributed by atoms with E-state index in [1.807, 2.05) is 0 Å². The minimum Gasteiger partial charge on any atom is -0.361 e. The summed E-state index contributed by atoms with van der Waals surface area (Å²) >= 11 is 0. The third-order valence-electron chi connectivity index (χ3n) is 1.54. The van der Waals surface area contributed by atoms with Crippen LogP contribution in [0.4, 0.5) is 0 Å². The second-order valence-corrected chi connectivity index (χ2v) is 2.56. The SMILES string of the molecule is CCCCCC(=[N+]=[N-])C(C)=O. The number of hydrogen-bond acceptors (Lipinski definition) is 1. The van der Waals surface area contributed by atoms with Gasteiger partial charge >= 0.3 is 5.71 Å². The first-order valence-corrected chi connectivity index (χ1v) is 3.94. The first kappa shape index (κ1) is 10.0. The third kappa shape index (κ3) is 4.45. The molecule has 0 bridgehead atoms. The van der Waals surface area contributed by atoms with Gasteiger partial charge in [-0.25, -0.2) is 0 Å². The van der Waals surface area contributed by atoms with Gasteiger partial charge in [0, 0.05) is 6.92 Å². The molecule has 0 aliphatic carbocycles. The summed E-state index contributed by atoms with van der Waals surface area (Å²) in [6.07, 6.45) is 3.71. The molecular formula is C8H14N2O. The van der Waals surface area contributed by atoms with Crippen molar-refractivity contribution >= 4 is 11.5 Å². The molecule has 0 amide bonds. The van der Waals surface area contributed by atoms with E-state index in [2.05, 4.69) is 11.7 Å². The van der Waals surface area contributed by atoms with Crippen LogP contribution in [0.1, 0.15) is 39.5 Å². The maximum absolute atomic E-state index is 10.7. The first-order valence-electron chi connectivity index (χ1n) is 3.94. The Hall–Kier alpha value is -0.950. The van der Waals surface area contributed by atoms with Gasteiger partial charge in [-0.3, -0.25) is 4.79 Å². The molecular weight excluding hydrogens is 140 g/mol. The summed E-state index contributed by atoms with van der Waals surface area (Å²) in [5.74, 6) is -0.136. The molecule has 0 saturated heterocycles. The summed E-state index contributed by atoms with van der Waals surface area (Å²) in [5.41, 5.74) is 8.65. The fraction of sp³-hybridized carbons (Fsp3) is 0.750. The number of hydrogen-bond donors (Lipinski definition) is 0. The van der Waals surface area contributed by atoms with E-state index >= 15 is 0 Å². The van der Waals surface area contributed by atoms with E-state index in [1.165, 1.54) is 6.92 Å². The van der Waals surface area contributed by atoms with E-state index in [-0.39, 0.29) is 5.78 Å². The molecule has 0 rings (SSSR count). The summed E-state index contributed by atoms with van der Waals surface area (Å²) in [5, 5.41) is 0. The number of unbranched alkanes of at least 4 members (excludes halogenated alkanes) is 2. The van der Waals surface area contributed by atoms with Crippen molar-refractivity contribution in [2.75, 3.05) is 0 Å². The number of nitrogens with zero attached hydrogens (tertiary/aromatic N) is 2. The smallest absolute Gasteiger partial charge is 0.334 e. The van der Waals surface area contributed by atoms with E-state index in [0.29, 0.717) is 12.1 Å². The van der Waals surface area contributed by atoms with Gasteiger partial charge in [-0.15, -0.1) is 0 Å². The summed E-state index contributed by atoms with van der Waals surface area (Å²) < 4.78 is 0. The van der Waals surface area contributed by atoms with Gasteiger partial charge < -0.3 is 5.53 Å². The summed E-state index contributed by atoms with van der Waals surface area (Å²) in [7, 11) is 0. The Morgan fingerprint density at radius 2 is 2.09 bits per heavy atom. The molecule has 0 unspecified atom stereocenters. The molecule has 0 heterocycles. The van der Waals surface area contributed by atoms with Gasteiger partial charge in [0.25, 0.3) is 0 Å². The number of rotatable bonds is 5. The summed E-state index contributed by atoms with van der Waals surface area (Å²) in [6, 6.07) is 0. The zero-order chi connectivity index (χ0) is 8.69. The van der Waals surface area contributed by atoms with E-state index in [9.17, 15) is 4.79 Å². The summed E-state index contributed by atoms with van der Waals surface area (Å²) in [6.45, 7) is 3.50. The largest absolute Gasteiger partial charge is 0.361 e. The van der Waals surface area contributed by atoms with E-state index < -0.39 is 0 Å². The average Bonchev–Trinajstić information content (AvgIpc) is 1.97. The normalized spacial score (nSPS) is 8.91. The zero-order valence-corrected chi connectivity index (χ0v) is 7.13.